The average molecular weight is 396 g/mol. The fourth-order valence-electron chi connectivity index (χ4n) is 2.18. The monoisotopic (exact) mass is 395 g/mol. The number of nitrogens with zero attached hydrogens (tertiary/aromatic N) is 1. The van der Waals surface area contributed by atoms with E-state index in [1.54, 1.807) is 25.3 Å². The van der Waals surface area contributed by atoms with Gasteiger partial charge in [0.25, 0.3) is 0 Å². The van der Waals surface area contributed by atoms with Gasteiger partial charge < -0.3 is 14.4 Å². The molecule has 0 saturated carbocycles. The molecule has 0 atom stereocenters. The van der Waals surface area contributed by atoms with Gasteiger partial charge in [0.05, 0.1) is 25.5 Å². The van der Waals surface area contributed by atoms with Crippen molar-refractivity contribution in [3.05, 3.63) is 63.7 Å². The molecule has 1 heterocycles. The number of hydrogen-bond donors (Lipinski definition) is 0. The van der Waals surface area contributed by atoms with Crippen molar-refractivity contribution in [1.82, 2.24) is 0 Å². The third kappa shape index (κ3) is 3.26. The van der Waals surface area contributed by atoms with Crippen LogP contribution in [0.1, 0.15) is 5.56 Å². The van der Waals surface area contributed by atoms with Crippen LogP contribution in [-0.2, 0) is 19.1 Å². The number of carbonyl (C=O) groups excluding carboxylic acids is 2. The molecule has 0 saturated heterocycles. The number of ether oxygens (including phenoxy) is 2. The molecule has 1 aromatic carbocycles. The zero-order chi connectivity index (χ0) is 17.9. The minimum Gasteiger partial charge on any atom is -0.465 e. The fraction of sp³-hybridized carbons (Fsp3) is 0.176. The lowest BCUT2D eigenvalue weighted by Crippen LogP contribution is -2.27. The second kappa shape index (κ2) is 7.44. The highest BCUT2D eigenvalue weighted by Crippen LogP contribution is 2.35. The van der Waals surface area contributed by atoms with E-state index in [0.717, 1.165) is 0 Å². The molecule has 2 rings (SSSR count). The molecule has 1 aromatic rings. The molecule has 0 amide bonds. The maximum absolute atomic E-state index is 13.7. The van der Waals surface area contributed by atoms with E-state index in [9.17, 15) is 14.0 Å². The average Bonchev–Trinajstić information content (AvgIpc) is 2.81. The molecule has 0 aromatic heterocycles. The molecule has 0 unspecified atom stereocenters. The molecule has 0 fully saturated rings. The van der Waals surface area contributed by atoms with Crippen molar-refractivity contribution in [2.45, 2.75) is 6.92 Å². The highest BCUT2D eigenvalue weighted by atomic mass is 79.9. The van der Waals surface area contributed by atoms with Crippen LogP contribution in [-0.4, -0.2) is 26.2 Å². The number of halogens is 2. The van der Waals surface area contributed by atoms with Crippen LogP contribution in [0.4, 0.5) is 10.1 Å². The summed E-state index contributed by atoms with van der Waals surface area (Å²) in [5, 5.41) is 0. The summed E-state index contributed by atoms with van der Waals surface area (Å²) in [6.45, 7) is 1.60. The molecule has 1 aliphatic rings. The SMILES string of the molecule is COC(=O)C1=C(C(=O)OC)N(c2ccc(F)c(C)c2Br)C=CC=C1. The molecular formula is C17H15BrFNO4. The van der Waals surface area contributed by atoms with E-state index in [-0.39, 0.29) is 17.1 Å². The molecule has 126 valence electrons. The van der Waals surface area contributed by atoms with Crippen molar-refractivity contribution in [3.8, 4) is 0 Å². The summed E-state index contributed by atoms with van der Waals surface area (Å²) in [7, 11) is 2.43. The first-order valence-electron chi connectivity index (χ1n) is 6.92. The first-order valence-corrected chi connectivity index (χ1v) is 7.71. The predicted octanol–water partition coefficient (Wildman–Crippen LogP) is 3.39. The molecule has 24 heavy (non-hydrogen) atoms. The topological polar surface area (TPSA) is 55.8 Å². The van der Waals surface area contributed by atoms with E-state index in [0.29, 0.717) is 15.7 Å². The fourth-order valence-corrected chi connectivity index (χ4v) is 2.70. The van der Waals surface area contributed by atoms with Gasteiger partial charge in [0.15, 0.2) is 0 Å². The van der Waals surface area contributed by atoms with Gasteiger partial charge in [-0.15, -0.1) is 0 Å². The zero-order valence-electron chi connectivity index (χ0n) is 13.3. The number of rotatable bonds is 3. The Hall–Kier alpha value is -2.41. The lowest BCUT2D eigenvalue weighted by Gasteiger charge is -2.24. The van der Waals surface area contributed by atoms with Crippen LogP contribution in [0.25, 0.3) is 0 Å². The van der Waals surface area contributed by atoms with Gasteiger partial charge in [-0.05, 0) is 47.1 Å². The highest BCUT2D eigenvalue weighted by Gasteiger charge is 2.28. The van der Waals surface area contributed by atoms with Gasteiger partial charge in [-0.3, -0.25) is 0 Å². The predicted molar refractivity (Wildman–Crippen MR) is 90.7 cm³/mol. The molecule has 0 bridgehead atoms. The van der Waals surface area contributed by atoms with Gasteiger partial charge >= 0.3 is 11.9 Å². The Morgan fingerprint density at radius 2 is 1.79 bits per heavy atom. The Morgan fingerprint density at radius 3 is 2.42 bits per heavy atom. The molecule has 7 heteroatoms. The van der Waals surface area contributed by atoms with Gasteiger partial charge in [0.1, 0.15) is 11.5 Å². The second-order valence-corrected chi connectivity index (χ2v) is 5.61. The summed E-state index contributed by atoms with van der Waals surface area (Å²) in [6.07, 6.45) is 6.28. The number of esters is 2. The Kier molecular flexibility index (Phi) is 5.56. The summed E-state index contributed by atoms with van der Waals surface area (Å²) < 4.78 is 23.7. The summed E-state index contributed by atoms with van der Waals surface area (Å²) in [6, 6.07) is 2.79. The Bertz CT molecular complexity index is 783. The van der Waals surface area contributed by atoms with Gasteiger partial charge in [0, 0.05) is 16.2 Å². The quantitative estimate of drug-likeness (QED) is 0.734. The lowest BCUT2D eigenvalue weighted by atomic mass is 10.1. The number of benzene rings is 1. The van der Waals surface area contributed by atoms with Gasteiger partial charge in [-0.25, -0.2) is 14.0 Å². The van der Waals surface area contributed by atoms with Crippen LogP contribution in [0, 0.1) is 12.7 Å². The molecule has 5 nitrogen and oxygen atoms in total. The largest absolute Gasteiger partial charge is 0.465 e. The molecule has 0 aliphatic carbocycles. The first-order chi connectivity index (χ1) is 11.4. The zero-order valence-corrected chi connectivity index (χ0v) is 14.9. The van der Waals surface area contributed by atoms with Crippen LogP contribution < -0.4 is 4.90 Å². The minimum atomic E-state index is -0.722. The van der Waals surface area contributed by atoms with Crippen molar-refractivity contribution in [2.24, 2.45) is 0 Å². The number of methoxy groups -OCH3 is 2. The number of hydrogen-bond acceptors (Lipinski definition) is 5. The summed E-state index contributed by atoms with van der Waals surface area (Å²) >= 11 is 3.34. The van der Waals surface area contributed by atoms with E-state index in [4.69, 9.17) is 9.47 Å². The van der Waals surface area contributed by atoms with Crippen molar-refractivity contribution in [1.29, 1.82) is 0 Å². The van der Waals surface area contributed by atoms with Gasteiger partial charge in [0.2, 0.25) is 0 Å². The van der Waals surface area contributed by atoms with E-state index in [2.05, 4.69) is 15.9 Å². The number of carbonyl (C=O) groups is 2. The van der Waals surface area contributed by atoms with Gasteiger partial charge in [-0.2, -0.15) is 0 Å². The van der Waals surface area contributed by atoms with E-state index in [1.807, 2.05) is 0 Å². The number of anilines is 1. The Morgan fingerprint density at radius 1 is 1.12 bits per heavy atom. The maximum Gasteiger partial charge on any atom is 0.355 e. The van der Waals surface area contributed by atoms with Gasteiger partial charge in [-0.1, -0.05) is 6.08 Å². The van der Waals surface area contributed by atoms with Crippen LogP contribution in [0.5, 0.6) is 0 Å². The molecule has 0 radical (unpaired) electrons. The van der Waals surface area contributed by atoms with E-state index < -0.39 is 11.9 Å². The second-order valence-electron chi connectivity index (χ2n) is 4.82. The van der Waals surface area contributed by atoms with E-state index in [1.165, 1.54) is 37.3 Å². The first kappa shape index (κ1) is 17.9. The third-order valence-corrected chi connectivity index (χ3v) is 4.45. The maximum atomic E-state index is 13.7. The molecular weight excluding hydrogens is 381 g/mol. The van der Waals surface area contributed by atoms with Crippen LogP contribution in [0.2, 0.25) is 0 Å². The lowest BCUT2D eigenvalue weighted by molar-refractivity contribution is -0.139. The molecule has 0 spiro atoms. The summed E-state index contributed by atoms with van der Waals surface area (Å²) in [4.78, 5) is 25.8. The van der Waals surface area contributed by atoms with Crippen molar-refractivity contribution in [3.63, 3.8) is 0 Å². The minimum absolute atomic E-state index is 0.0268. The summed E-state index contributed by atoms with van der Waals surface area (Å²) in [5.74, 6) is -1.80. The van der Waals surface area contributed by atoms with Crippen molar-refractivity contribution < 1.29 is 23.5 Å². The molecule has 0 N–H and O–H groups in total. The standard InChI is InChI=1S/C17H15BrFNO4/c1-10-12(19)7-8-13(14(10)18)20-9-5-4-6-11(16(21)23-2)15(20)17(22)24-3/h4-9H,1-3H3. The molecule has 1 aliphatic heterocycles. The normalized spacial score (nSPS) is 13.8. The van der Waals surface area contributed by atoms with Crippen molar-refractivity contribution in [2.75, 3.05) is 19.1 Å². The highest BCUT2D eigenvalue weighted by molar-refractivity contribution is 9.10. The Labute approximate surface area is 147 Å². The third-order valence-electron chi connectivity index (χ3n) is 3.45. The summed E-state index contributed by atoms with van der Waals surface area (Å²) in [5.41, 5.74) is 0.863. The van der Waals surface area contributed by atoms with Crippen molar-refractivity contribution >= 4 is 33.6 Å². The smallest absolute Gasteiger partial charge is 0.355 e. The van der Waals surface area contributed by atoms with E-state index >= 15 is 0 Å². The van der Waals surface area contributed by atoms with Crippen LogP contribution in [0.15, 0.2) is 52.3 Å². The number of allylic oxidation sites excluding steroid dienone is 2. The Balaban J connectivity index is 2.73. The van der Waals surface area contributed by atoms with Crippen LogP contribution >= 0.6 is 15.9 Å². The van der Waals surface area contributed by atoms with Crippen LogP contribution in [0.3, 0.4) is 0 Å².